The number of hydrogen-bond donors (Lipinski definition) is 1. The molecule has 0 fully saturated rings. The largest absolute Gasteiger partial charge is 0.371 e. The molecule has 110 valence electrons. The number of fused-ring (bicyclic) bond motifs is 1. The standard InChI is InChI=1S/C18H16N2O2/c19-10-13-4-3-7-15(8-13)18(21)20-11-17-9-14-5-1-2-6-16(14)12-22-17/h1-8,17H,9,11-12H2,(H,20,21)/t17-/m1/s1. The molecule has 2 aromatic carbocycles. The van der Waals surface area contributed by atoms with E-state index in [9.17, 15) is 4.79 Å². The zero-order valence-electron chi connectivity index (χ0n) is 12.1. The van der Waals surface area contributed by atoms with Crippen LogP contribution in [0, 0.1) is 11.3 Å². The lowest BCUT2D eigenvalue weighted by Gasteiger charge is -2.25. The smallest absolute Gasteiger partial charge is 0.251 e. The van der Waals surface area contributed by atoms with Crippen molar-refractivity contribution in [3.05, 3.63) is 70.8 Å². The molecule has 0 unspecified atom stereocenters. The third-order valence-electron chi connectivity index (χ3n) is 3.78. The Balaban J connectivity index is 1.59. The molecule has 1 atom stereocenters. The summed E-state index contributed by atoms with van der Waals surface area (Å²) in [6.07, 6.45) is 0.785. The van der Waals surface area contributed by atoms with Crippen LogP contribution in [-0.4, -0.2) is 18.6 Å². The second kappa shape index (κ2) is 6.42. The molecule has 0 radical (unpaired) electrons. The highest BCUT2D eigenvalue weighted by atomic mass is 16.5. The number of benzene rings is 2. The van der Waals surface area contributed by atoms with E-state index < -0.39 is 0 Å². The summed E-state index contributed by atoms with van der Waals surface area (Å²) in [4.78, 5) is 12.1. The van der Waals surface area contributed by atoms with Crippen molar-refractivity contribution in [3.8, 4) is 6.07 Å². The van der Waals surface area contributed by atoms with Crippen LogP contribution in [0.2, 0.25) is 0 Å². The molecule has 1 heterocycles. The zero-order chi connectivity index (χ0) is 15.4. The highest BCUT2D eigenvalue weighted by Crippen LogP contribution is 2.19. The molecule has 0 aromatic heterocycles. The number of ether oxygens (including phenoxy) is 1. The molecule has 1 amide bonds. The predicted molar refractivity (Wildman–Crippen MR) is 82.2 cm³/mol. The molecular weight excluding hydrogens is 276 g/mol. The quantitative estimate of drug-likeness (QED) is 0.945. The van der Waals surface area contributed by atoms with Crippen molar-refractivity contribution in [1.29, 1.82) is 5.26 Å². The first kappa shape index (κ1) is 14.3. The average molecular weight is 292 g/mol. The van der Waals surface area contributed by atoms with Gasteiger partial charge in [-0.25, -0.2) is 0 Å². The highest BCUT2D eigenvalue weighted by Gasteiger charge is 2.19. The van der Waals surface area contributed by atoms with Gasteiger partial charge < -0.3 is 10.1 Å². The van der Waals surface area contributed by atoms with Crippen molar-refractivity contribution in [1.82, 2.24) is 5.32 Å². The molecule has 22 heavy (non-hydrogen) atoms. The van der Waals surface area contributed by atoms with Gasteiger partial charge in [-0.2, -0.15) is 5.26 Å². The lowest BCUT2D eigenvalue weighted by Crippen LogP contribution is -2.36. The average Bonchev–Trinajstić information content (AvgIpc) is 2.59. The minimum absolute atomic E-state index is 0.0157. The van der Waals surface area contributed by atoms with Gasteiger partial charge in [0.25, 0.3) is 5.91 Å². The Labute approximate surface area is 129 Å². The van der Waals surface area contributed by atoms with E-state index >= 15 is 0 Å². The van der Waals surface area contributed by atoms with E-state index in [1.165, 1.54) is 11.1 Å². The molecule has 1 N–H and O–H groups in total. The Bertz CT molecular complexity index is 734. The fraction of sp³-hybridized carbons (Fsp3) is 0.222. The summed E-state index contributed by atoms with van der Waals surface area (Å²) in [7, 11) is 0. The zero-order valence-corrected chi connectivity index (χ0v) is 12.1. The number of amides is 1. The summed E-state index contributed by atoms with van der Waals surface area (Å²) in [5, 5.41) is 11.7. The van der Waals surface area contributed by atoms with Gasteiger partial charge in [0.2, 0.25) is 0 Å². The van der Waals surface area contributed by atoms with Crippen molar-refractivity contribution >= 4 is 5.91 Å². The molecule has 3 rings (SSSR count). The molecule has 0 saturated carbocycles. The lowest BCUT2D eigenvalue weighted by atomic mass is 9.99. The van der Waals surface area contributed by atoms with Crippen molar-refractivity contribution in [2.24, 2.45) is 0 Å². The van der Waals surface area contributed by atoms with E-state index in [0.29, 0.717) is 24.3 Å². The molecule has 1 aliphatic heterocycles. The first-order chi connectivity index (χ1) is 10.8. The summed E-state index contributed by atoms with van der Waals surface area (Å²) in [5.41, 5.74) is 3.47. The summed E-state index contributed by atoms with van der Waals surface area (Å²) in [6.45, 7) is 1.05. The molecule has 1 aliphatic rings. The molecule has 4 nitrogen and oxygen atoms in total. The minimum atomic E-state index is -0.181. The van der Waals surface area contributed by atoms with Crippen LogP contribution < -0.4 is 5.32 Å². The van der Waals surface area contributed by atoms with Crippen LogP contribution in [0.4, 0.5) is 0 Å². The Morgan fingerprint density at radius 2 is 2.05 bits per heavy atom. The Kier molecular flexibility index (Phi) is 4.17. The normalized spacial score (nSPS) is 16.4. The van der Waals surface area contributed by atoms with Crippen LogP contribution in [0.1, 0.15) is 27.0 Å². The van der Waals surface area contributed by atoms with Crippen molar-refractivity contribution in [2.45, 2.75) is 19.1 Å². The van der Waals surface area contributed by atoms with Gasteiger partial charge in [0.05, 0.1) is 24.3 Å². The summed E-state index contributed by atoms with van der Waals surface area (Å²) in [6, 6.07) is 16.9. The topological polar surface area (TPSA) is 62.1 Å². The fourth-order valence-electron chi connectivity index (χ4n) is 2.58. The third kappa shape index (κ3) is 3.16. The fourth-order valence-corrected chi connectivity index (χ4v) is 2.58. The molecule has 0 bridgehead atoms. The van der Waals surface area contributed by atoms with Crippen LogP contribution in [0.5, 0.6) is 0 Å². The molecule has 0 spiro atoms. The number of hydrogen-bond acceptors (Lipinski definition) is 3. The van der Waals surface area contributed by atoms with Crippen molar-refractivity contribution in [2.75, 3.05) is 6.54 Å². The van der Waals surface area contributed by atoms with Gasteiger partial charge >= 0.3 is 0 Å². The number of rotatable bonds is 3. The van der Waals surface area contributed by atoms with E-state index in [4.69, 9.17) is 10.00 Å². The van der Waals surface area contributed by atoms with Crippen molar-refractivity contribution < 1.29 is 9.53 Å². The number of carbonyl (C=O) groups excluding carboxylic acids is 1. The molecular formula is C18H16N2O2. The van der Waals surface area contributed by atoms with Crippen LogP contribution in [-0.2, 0) is 17.8 Å². The highest BCUT2D eigenvalue weighted by molar-refractivity contribution is 5.94. The van der Waals surface area contributed by atoms with Crippen LogP contribution in [0.15, 0.2) is 48.5 Å². The van der Waals surface area contributed by atoms with Crippen LogP contribution in [0.25, 0.3) is 0 Å². The third-order valence-corrected chi connectivity index (χ3v) is 3.78. The van der Waals surface area contributed by atoms with E-state index in [0.717, 1.165) is 6.42 Å². The Morgan fingerprint density at radius 3 is 2.86 bits per heavy atom. The molecule has 0 aliphatic carbocycles. The maximum atomic E-state index is 12.1. The number of nitrogens with one attached hydrogen (secondary N) is 1. The first-order valence-electron chi connectivity index (χ1n) is 7.23. The Hall–Kier alpha value is -2.64. The number of nitriles is 1. The molecule has 0 saturated heterocycles. The maximum absolute atomic E-state index is 12.1. The monoisotopic (exact) mass is 292 g/mol. The number of carbonyl (C=O) groups is 1. The van der Waals surface area contributed by atoms with Gasteiger partial charge in [0.15, 0.2) is 0 Å². The summed E-state index contributed by atoms with van der Waals surface area (Å²) in [5.74, 6) is -0.181. The van der Waals surface area contributed by atoms with Gasteiger partial charge in [0, 0.05) is 18.5 Å². The number of nitrogens with zero attached hydrogens (tertiary/aromatic N) is 1. The second-order valence-corrected chi connectivity index (χ2v) is 5.31. The van der Waals surface area contributed by atoms with E-state index in [-0.39, 0.29) is 12.0 Å². The van der Waals surface area contributed by atoms with Crippen molar-refractivity contribution in [3.63, 3.8) is 0 Å². The van der Waals surface area contributed by atoms with Gasteiger partial charge in [-0.3, -0.25) is 4.79 Å². The first-order valence-corrected chi connectivity index (χ1v) is 7.23. The Morgan fingerprint density at radius 1 is 1.23 bits per heavy atom. The van der Waals surface area contributed by atoms with Gasteiger partial charge in [-0.05, 0) is 29.3 Å². The predicted octanol–water partition coefficient (Wildman–Crippen LogP) is 2.43. The van der Waals surface area contributed by atoms with Gasteiger partial charge in [0.1, 0.15) is 0 Å². The van der Waals surface area contributed by atoms with Gasteiger partial charge in [-0.15, -0.1) is 0 Å². The molecule has 2 aromatic rings. The van der Waals surface area contributed by atoms with E-state index in [1.807, 2.05) is 18.2 Å². The lowest BCUT2D eigenvalue weighted by molar-refractivity contribution is 0.0285. The van der Waals surface area contributed by atoms with E-state index in [1.54, 1.807) is 24.3 Å². The van der Waals surface area contributed by atoms with Crippen LogP contribution in [0.3, 0.4) is 0 Å². The molecule has 4 heteroatoms. The second-order valence-electron chi connectivity index (χ2n) is 5.31. The minimum Gasteiger partial charge on any atom is -0.371 e. The van der Waals surface area contributed by atoms with Crippen LogP contribution >= 0.6 is 0 Å². The summed E-state index contributed by atoms with van der Waals surface area (Å²) >= 11 is 0. The van der Waals surface area contributed by atoms with E-state index in [2.05, 4.69) is 17.4 Å². The SMILES string of the molecule is N#Cc1cccc(C(=O)NC[C@H]2Cc3ccccc3CO2)c1. The van der Waals surface area contributed by atoms with Gasteiger partial charge in [-0.1, -0.05) is 30.3 Å². The maximum Gasteiger partial charge on any atom is 0.251 e. The summed E-state index contributed by atoms with van der Waals surface area (Å²) < 4.78 is 5.77.